The molecule has 0 unspecified atom stereocenters. The van der Waals surface area contributed by atoms with E-state index in [0.717, 1.165) is 46.5 Å². The van der Waals surface area contributed by atoms with Gasteiger partial charge in [0.1, 0.15) is 0 Å². The Morgan fingerprint density at radius 2 is 1.14 bits per heavy atom. The third-order valence-corrected chi connectivity index (χ3v) is 5.42. The summed E-state index contributed by atoms with van der Waals surface area (Å²) in [5.74, 6) is 0.157. The van der Waals surface area contributed by atoms with Crippen LogP contribution in [-0.4, -0.2) is 47.1 Å². The Bertz CT molecular complexity index is 833. The van der Waals surface area contributed by atoms with Crippen LogP contribution in [0, 0.1) is 0 Å². The molecule has 0 aliphatic heterocycles. The second-order valence-corrected chi connectivity index (χ2v) is 8.03. The molecule has 2 aromatic rings. The summed E-state index contributed by atoms with van der Waals surface area (Å²) in [7, 11) is 10.1. The van der Waals surface area contributed by atoms with Gasteiger partial charge >= 0.3 is 0 Å². The second kappa shape index (κ2) is 9.10. The Labute approximate surface area is 174 Å². The van der Waals surface area contributed by atoms with Crippen molar-refractivity contribution in [2.24, 2.45) is 0 Å². The SMILES string of the molecule is CNC1C/C(=C\c2ccc(N(C)C)cc2)C(=O)/C(=C/c2ccc(N(C)C)cc2)C1. The van der Waals surface area contributed by atoms with Crippen molar-refractivity contribution in [3.8, 4) is 0 Å². The largest absolute Gasteiger partial charge is 0.378 e. The van der Waals surface area contributed by atoms with Crippen molar-refractivity contribution >= 4 is 29.3 Å². The number of hydrogen-bond donors (Lipinski definition) is 1. The summed E-state index contributed by atoms with van der Waals surface area (Å²) in [6, 6.07) is 16.9. The van der Waals surface area contributed by atoms with Gasteiger partial charge in [0.25, 0.3) is 0 Å². The van der Waals surface area contributed by atoms with E-state index in [1.165, 1.54) is 0 Å². The number of benzene rings is 2. The molecule has 0 heterocycles. The number of carbonyl (C=O) groups excluding carboxylic acids is 1. The van der Waals surface area contributed by atoms with Crippen molar-refractivity contribution in [2.45, 2.75) is 18.9 Å². The number of nitrogens with one attached hydrogen (secondary N) is 1. The lowest BCUT2D eigenvalue weighted by molar-refractivity contribution is -0.113. The van der Waals surface area contributed by atoms with E-state index in [2.05, 4.69) is 63.6 Å². The summed E-state index contributed by atoms with van der Waals surface area (Å²) in [6.45, 7) is 0. The fraction of sp³-hybridized carbons (Fsp3) is 0.320. The van der Waals surface area contributed by atoms with E-state index in [1.54, 1.807) is 0 Å². The Balaban J connectivity index is 1.88. The van der Waals surface area contributed by atoms with Crippen LogP contribution in [0.5, 0.6) is 0 Å². The van der Waals surface area contributed by atoms with Crippen molar-refractivity contribution in [2.75, 3.05) is 45.0 Å². The molecule has 1 saturated carbocycles. The molecule has 0 amide bonds. The van der Waals surface area contributed by atoms with Crippen molar-refractivity contribution in [1.82, 2.24) is 5.32 Å². The highest BCUT2D eigenvalue weighted by Gasteiger charge is 2.26. The number of ketones is 1. The predicted molar refractivity (Wildman–Crippen MR) is 125 cm³/mol. The minimum absolute atomic E-state index is 0.157. The van der Waals surface area contributed by atoms with Gasteiger partial charge in [-0.25, -0.2) is 0 Å². The first-order chi connectivity index (χ1) is 13.9. The minimum Gasteiger partial charge on any atom is -0.378 e. The van der Waals surface area contributed by atoms with Crippen LogP contribution in [0.2, 0.25) is 0 Å². The smallest absolute Gasteiger partial charge is 0.185 e. The summed E-state index contributed by atoms with van der Waals surface area (Å²) >= 11 is 0. The molecule has 0 spiro atoms. The highest BCUT2D eigenvalue weighted by atomic mass is 16.1. The summed E-state index contributed by atoms with van der Waals surface area (Å²) in [5.41, 5.74) is 6.15. The Kier molecular flexibility index (Phi) is 6.55. The fourth-order valence-corrected chi connectivity index (χ4v) is 3.59. The van der Waals surface area contributed by atoms with Gasteiger partial charge in [-0.1, -0.05) is 24.3 Å². The van der Waals surface area contributed by atoms with E-state index in [9.17, 15) is 4.79 Å². The molecule has 29 heavy (non-hydrogen) atoms. The van der Waals surface area contributed by atoms with Gasteiger partial charge in [0.15, 0.2) is 5.78 Å². The molecule has 1 aliphatic rings. The number of nitrogens with zero attached hydrogens (tertiary/aromatic N) is 2. The minimum atomic E-state index is 0.157. The van der Waals surface area contributed by atoms with Crippen LogP contribution in [0.3, 0.4) is 0 Å². The third kappa shape index (κ3) is 5.15. The van der Waals surface area contributed by atoms with Gasteiger partial charge in [-0.05, 0) is 67.4 Å². The summed E-state index contributed by atoms with van der Waals surface area (Å²) < 4.78 is 0. The standard InChI is InChI=1S/C25H31N3O/c1-26-22-16-20(14-18-6-10-23(11-7-18)27(2)3)25(29)21(17-22)15-19-8-12-24(13-9-19)28(4)5/h6-15,22,26H,16-17H2,1-5H3/b20-14+,21-15+. The molecular weight excluding hydrogens is 358 g/mol. The Morgan fingerprint density at radius 3 is 1.45 bits per heavy atom. The first-order valence-electron chi connectivity index (χ1n) is 10.0. The fourth-order valence-electron chi connectivity index (χ4n) is 3.59. The number of rotatable bonds is 5. The van der Waals surface area contributed by atoms with Crippen LogP contribution in [0.1, 0.15) is 24.0 Å². The van der Waals surface area contributed by atoms with Crippen LogP contribution in [0.15, 0.2) is 59.7 Å². The zero-order chi connectivity index (χ0) is 21.0. The van der Waals surface area contributed by atoms with Crippen LogP contribution in [-0.2, 0) is 4.79 Å². The van der Waals surface area contributed by atoms with Crippen LogP contribution in [0.4, 0.5) is 11.4 Å². The van der Waals surface area contributed by atoms with Crippen LogP contribution < -0.4 is 15.1 Å². The zero-order valence-electron chi connectivity index (χ0n) is 18.1. The van der Waals surface area contributed by atoms with Crippen molar-refractivity contribution < 1.29 is 4.79 Å². The maximum absolute atomic E-state index is 13.2. The van der Waals surface area contributed by atoms with E-state index in [4.69, 9.17) is 0 Å². The molecule has 3 rings (SSSR count). The van der Waals surface area contributed by atoms with Gasteiger partial charge in [0.05, 0.1) is 0 Å². The monoisotopic (exact) mass is 389 g/mol. The topological polar surface area (TPSA) is 35.6 Å². The number of hydrogen-bond acceptors (Lipinski definition) is 4. The average molecular weight is 390 g/mol. The first kappa shape index (κ1) is 20.9. The molecule has 1 N–H and O–H groups in total. The molecule has 0 radical (unpaired) electrons. The Morgan fingerprint density at radius 1 is 0.759 bits per heavy atom. The maximum Gasteiger partial charge on any atom is 0.185 e. The lowest BCUT2D eigenvalue weighted by Crippen LogP contribution is -2.33. The van der Waals surface area contributed by atoms with Gasteiger partial charge in [-0.15, -0.1) is 0 Å². The number of Topliss-reactive ketones (excluding diaryl/α,β-unsaturated/α-hetero) is 1. The quantitative estimate of drug-likeness (QED) is 0.776. The lowest BCUT2D eigenvalue weighted by atomic mass is 9.83. The van der Waals surface area contributed by atoms with Gasteiger partial charge in [0, 0.05) is 56.8 Å². The van der Waals surface area contributed by atoms with Crippen molar-refractivity contribution in [3.05, 3.63) is 70.8 Å². The van der Waals surface area contributed by atoms with Gasteiger partial charge in [0.2, 0.25) is 0 Å². The molecule has 2 aromatic carbocycles. The summed E-state index contributed by atoms with van der Waals surface area (Å²) in [4.78, 5) is 17.3. The molecule has 0 bridgehead atoms. The average Bonchev–Trinajstić information content (AvgIpc) is 2.71. The van der Waals surface area contributed by atoms with Crippen LogP contribution >= 0.6 is 0 Å². The van der Waals surface area contributed by atoms with Gasteiger partial charge in [-0.2, -0.15) is 0 Å². The van der Waals surface area contributed by atoms with Gasteiger partial charge < -0.3 is 15.1 Å². The van der Waals surface area contributed by atoms with E-state index in [-0.39, 0.29) is 11.8 Å². The normalized spacial score (nSPS) is 19.6. The molecule has 4 nitrogen and oxygen atoms in total. The molecule has 152 valence electrons. The first-order valence-corrected chi connectivity index (χ1v) is 10.0. The Hall–Kier alpha value is -2.85. The zero-order valence-corrected chi connectivity index (χ0v) is 18.1. The molecular formula is C25H31N3O. The number of anilines is 2. The number of carbonyl (C=O) groups is 1. The third-order valence-electron chi connectivity index (χ3n) is 5.42. The maximum atomic E-state index is 13.2. The highest BCUT2D eigenvalue weighted by Crippen LogP contribution is 2.29. The van der Waals surface area contributed by atoms with Crippen molar-refractivity contribution in [1.29, 1.82) is 0 Å². The van der Waals surface area contributed by atoms with E-state index >= 15 is 0 Å². The van der Waals surface area contributed by atoms with E-state index in [0.29, 0.717) is 0 Å². The van der Waals surface area contributed by atoms with Crippen molar-refractivity contribution in [3.63, 3.8) is 0 Å². The summed E-state index contributed by atoms with van der Waals surface area (Å²) in [5, 5.41) is 3.36. The lowest BCUT2D eigenvalue weighted by Gasteiger charge is -2.25. The highest BCUT2D eigenvalue weighted by molar-refractivity contribution is 6.14. The van der Waals surface area contributed by atoms with Crippen LogP contribution in [0.25, 0.3) is 12.2 Å². The van der Waals surface area contributed by atoms with E-state index < -0.39 is 0 Å². The molecule has 0 atom stereocenters. The molecule has 1 fully saturated rings. The second-order valence-electron chi connectivity index (χ2n) is 8.03. The molecule has 4 heteroatoms. The molecule has 1 aliphatic carbocycles. The molecule has 0 saturated heterocycles. The van der Waals surface area contributed by atoms with E-state index in [1.807, 2.05) is 47.4 Å². The van der Waals surface area contributed by atoms with Gasteiger partial charge in [-0.3, -0.25) is 4.79 Å². The summed E-state index contributed by atoms with van der Waals surface area (Å²) in [6.07, 6.45) is 5.58. The molecule has 0 aromatic heterocycles. The predicted octanol–water partition coefficient (Wildman–Crippen LogP) is 4.24.